The van der Waals surface area contributed by atoms with Crippen molar-refractivity contribution in [1.29, 1.82) is 0 Å². The van der Waals surface area contributed by atoms with Gasteiger partial charge in [-0.15, -0.1) is 11.3 Å². The second-order valence-corrected chi connectivity index (χ2v) is 5.24. The van der Waals surface area contributed by atoms with E-state index in [1.807, 2.05) is 6.92 Å². The molecule has 1 rings (SSSR count). The van der Waals surface area contributed by atoms with E-state index < -0.39 is 0 Å². The first kappa shape index (κ1) is 15.2. The highest BCUT2D eigenvalue weighted by Crippen LogP contribution is 2.36. The summed E-state index contributed by atoms with van der Waals surface area (Å²) >= 11 is 1.22. The van der Waals surface area contributed by atoms with Gasteiger partial charge in [-0.2, -0.15) is 0 Å². The van der Waals surface area contributed by atoms with Gasteiger partial charge in [0.25, 0.3) is 5.91 Å². The fourth-order valence-electron chi connectivity index (χ4n) is 1.52. The molecule has 0 atom stereocenters. The minimum Gasteiger partial charge on any atom is -0.397 e. The van der Waals surface area contributed by atoms with Gasteiger partial charge in [0, 0.05) is 20.0 Å². The van der Waals surface area contributed by atoms with E-state index in [1.165, 1.54) is 18.4 Å². The lowest BCUT2D eigenvalue weighted by Gasteiger charge is -2.06. The molecule has 0 spiro atoms. The number of hydrogen-bond acceptors (Lipinski definition) is 5. The Morgan fingerprint density at radius 1 is 1.42 bits per heavy atom. The zero-order chi connectivity index (χ0) is 14.6. The van der Waals surface area contributed by atoms with Gasteiger partial charge in [-0.1, -0.05) is 19.1 Å². The summed E-state index contributed by atoms with van der Waals surface area (Å²) in [5.74, 6) is -0.357. The third-order valence-electron chi connectivity index (χ3n) is 2.52. The highest BCUT2D eigenvalue weighted by atomic mass is 32.1. The van der Waals surface area contributed by atoms with Crippen molar-refractivity contribution in [3.63, 3.8) is 0 Å². The van der Waals surface area contributed by atoms with Crippen molar-refractivity contribution >= 4 is 33.7 Å². The number of Topliss-reactive ketones (excluding diaryl/α,β-unsaturated/α-hetero) is 1. The molecule has 6 heteroatoms. The van der Waals surface area contributed by atoms with Crippen LogP contribution in [0.5, 0.6) is 0 Å². The van der Waals surface area contributed by atoms with Crippen molar-refractivity contribution in [3.8, 4) is 0 Å². The molecule has 0 aliphatic carbocycles. The number of amides is 1. The normalized spacial score (nSPS) is 10.1. The Morgan fingerprint density at radius 3 is 2.53 bits per heavy atom. The summed E-state index contributed by atoms with van der Waals surface area (Å²) in [6, 6.07) is 0. The van der Waals surface area contributed by atoms with Crippen LogP contribution in [0.1, 0.15) is 40.3 Å². The first-order valence-electron chi connectivity index (χ1n) is 5.98. The number of nitrogens with one attached hydrogen (secondary N) is 2. The topological polar surface area (TPSA) is 84.2 Å². The molecule has 0 saturated heterocycles. The molecule has 0 aromatic carbocycles. The number of hydrogen-bond donors (Lipinski definition) is 3. The maximum atomic E-state index is 11.9. The van der Waals surface area contributed by atoms with Gasteiger partial charge >= 0.3 is 0 Å². The van der Waals surface area contributed by atoms with Gasteiger partial charge in [-0.25, -0.2) is 0 Å². The molecular weight excluding hydrogens is 262 g/mol. The molecule has 0 unspecified atom stereocenters. The van der Waals surface area contributed by atoms with E-state index in [2.05, 4.69) is 17.2 Å². The number of thiophene rings is 1. The first-order valence-corrected chi connectivity index (χ1v) is 6.79. The fraction of sp³-hybridized carbons (Fsp3) is 0.385. The number of carbonyl (C=O) groups excluding carboxylic acids is 2. The highest BCUT2D eigenvalue weighted by molar-refractivity contribution is 7.19. The van der Waals surface area contributed by atoms with Crippen LogP contribution in [0.2, 0.25) is 0 Å². The highest BCUT2D eigenvalue weighted by Gasteiger charge is 2.23. The van der Waals surface area contributed by atoms with Crippen LogP contribution in [-0.2, 0) is 0 Å². The van der Waals surface area contributed by atoms with Crippen LogP contribution < -0.4 is 16.4 Å². The zero-order valence-electron chi connectivity index (χ0n) is 11.4. The second kappa shape index (κ2) is 6.38. The summed E-state index contributed by atoms with van der Waals surface area (Å²) in [6.07, 6.45) is 0.359. The van der Waals surface area contributed by atoms with Crippen molar-refractivity contribution in [1.82, 2.24) is 5.32 Å². The van der Waals surface area contributed by atoms with E-state index in [1.54, 1.807) is 6.92 Å². The Balaban J connectivity index is 3.23. The summed E-state index contributed by atoms with van der Waals surface area (Å²) in [7, 11) is 1.53. The predicted molar refractivity (Wildman–Crippen MR) is 80.0 cm³/mol. The van der Waals surface area contributed by atoms with Crippen molar-refractivity contribution in [3.05, 3.63) is 22.6 Å². The maximum absolute atomic E-state index is 11.9. The van der Waals surface area contributed by atoms with E-state index in [-0.39, 0.29) is 17.4 Å². The number of nitrogens with two attached hydrogens (primary N) is 1. The van der Waals surface area contributed by atoms with Crippen LogP contribution in [0.25, 0.3) is 0 Å². The average molecular weight is 281 g/mol. The number of rotatable bonds is 6. The summed E-state index contributed by atoms with van der Waals surface area (Å²) in [5.41, 5.74) is 7.45. The molecule has 4 N–H and O–H groups in total. The van der Waals surface area contributed by atoms with Crippen molar-refractivity contribution in [2.24, 2.45) is 0 Å². The minimum atomic E-state index is -0.298. The standard InChI is InChI=1S/C13H19N3O2S/c1-5-8(17)11-10(14)9(12(18)15-4)13(19-11)16-6-7(2)3/h16H,2,5-6,14H2,1,3-4H3,(H,15,18). The Hall–Kier alpha value is -1.82. The predicted octanol–water partition coefficient (Wildman–Crippen LogP) is 2.27. The molecule has 104 valence electrons. The van der Waals surface area contributed by atoms with Gasteiger partial charge in [0.2, 0.25) is 0 Å². The van der Waals surface area contributed by atoms with Gasteiger partial charge in [-0.3, -0.25) is 9.59 Å². The third kappa shape index (κ3) is 3.35. The van der Waals surface area contributed by atoms with Crippen LogP contribution in [0.4, 0.5) is 10.7 Å². The molecular formula is C13H19N3O2S. The summed E-state index contributed by atoms with van der Waals surface area (Å²) in [4.78, 5) is 24.1. The van der Waals surface area contributed by atoms with E-state index in [0.717, 1.165) is 5.57 Å². The van der Waals surface area contributed by atoms with Gasteiger partial charge in [-0.05, 0) is 6.92 Å². The molecule has 0 saturated carbocycles. The molecule has 0 aliphatic rings. The first-order chi connectivity index (χ1) is 8.92. The molecule has 0 radical (unpaired) electrons. The van der Waals surface area contributed by atoms with Gasteiger partial charge in [0.1, 0.15) is 5.00 Å². The summed E-state index contributed by atoms with van der Waals surface area (Å²) in [6.45, 7) is 7.96. The van der Waals surface area contributed by atoms with Crippen LogP contribution in [0.3, 0.4) is 0 Å². The van der Waals surface area contributed by atoms with Gasteiger partial charge < -0.3 is 16.4 Å². The molecule has 1 heterocycles. The quantitative estimate of drug-likeness (QED) is 0.551. The van der Waals surface area contributed by atoms with Crippen LogP contribution in [0.15, 0.2) is 12.2 Å². The van der Waals surface area contributed by atoms with E-state index >= 15 is 0 Å². The zero-order valence-corrected chi connectivity index (χ0v) is 12.2. The lowest BCUT2D eigenvalue weighted by Crippen LogP contribution is -2.20. The smallest absolute Gasteiger partial charge is 0.256 e. The molecule has 5 nitrogen and oxygen atoms in total. The Bertz CT molecular complexity index is 520. The van der Waals surface area contributed by atoms with E-state index in [0.29, 0.717) is 28.4 Å². The second-order valence-electron chi connectivity index (χ2n) is 4.22. The Labute approximate surface area is 116 Å². The largest absolute Gasteiger partial charge is 0.397 e. The molecule has 1 aromatic heterocycles. The summed E-state index contributed by atoms with van der Waals surface area (Å²) < 4.78 is 0. The third-order valence-corrected chi connectivity index (χ3v) is 3.73. The maximum Gasteiger partial charge on any atom is 0.256 e. The van der Waals surface area contributed by atoms with E-state index in [9.17, 15) is 9.59 Å². The minimum absolute atomic E-state index is 0.0592. The number of carbonyl (C=O) groups is 2. The van der Waals surface area contributed by atoms with Crippen LogP contribution in [0, 0.1) is 0 Å². The van der Waals surface area contributed by atoms with Crippen LogP contribution >= 0.6 is 11.3 Å². The summed E-state index contributed by atoms with van der Waals surface area (Å²) in [5, 5.41) is 6.24. The molecule has 0 bridgehead atoms. The lowest BCUT2D eigenvalue weighted by atomic mass is 10.1. The molecule has 1 amide bonds. The van der Waals surface area contributed by atoms with Gasteiger partial charge in [0.05, 0.1) is 16.1 Å². The van der Waals surface area contributed by atoms with Crippen molar-refractivity contribution in [2.75, 3.05) is 24.6 Å². The molecule has 1 aromatic rings. The van der Waals surface area contributed by atoms with Gasteiger partial charge in [0.15, 0.2) is 5.78 Å². The fourth-order valence-corrected chi connectivity index (χ4v) is 2.64. The number of ketones is 1. The molecule has 0 aliphatic heterocycles. The Morgan fingerprint density at radius 2 is 2.05 bits per heavy atom. The SMILES string of the molecule is C=C(C)CNc1sc(C(=O)CC)c(N)c1C(=O)NC. The van der Waals surface area contributed by atoms with Crippen LogP contribution in [-0.4, -0.2) is 25.3 Å². The monoisotopic (exact) mass is 281 g/mol. The van der Waals surface area contributed by atoms with Crippen molar-refractivity contribution in [2.45, 2.75) is 20.3 Å². The van der Waals surface area contributed by atoms with E-state index in [4.69, 9.17) is 5.73 Å². The lowest BCUT2D eigenvalue weighted by molar-refractivity contribution is 0.0964. The molecule has 19 heavy (non-hydrogen) atoms. The average Bonchev–Trinajstić information content (AvgIpc) is 2.71. The Kier molecular flexibility index (Phi) is 5.11. The number of nitrogen functional groups attached to an aromatic ring is 1. The number of anilines is 2. The van der Waals surface area contributed by atoms with Crippen molar-refractivity contribution < 1.29 is 9.59 Å². The molecule has 0 fully saturated rings.